The van der Waals surface area contributed by atoms with E-state index < -0.39 is 18.1 Å². The topological polar surface area (TPSA) is 108 Å². The first-order valence-electron chi connectivity index (χ1n) is 13.2. The van der Waals surface area contributed by atoms with Crippen LogP contribution in [0.1, 0.15) is 12.0 Å². The van der Waals surface area contributed by atoms with Crippen LogP contribution < -0.4 is 9.64 Å². The number of carboxylic acid groups (broad SMARTS) is 1. The van der Waals surface area contributed by atoms with Crippen LogP contribution in [0.5, 0.6) is 6.01 Å². The summed E-state index contributed by atoms with van der Waals surface area (Å²) in [7, 11) is 1.83. The van der Waals surface area contributed by atoms with Gasteiger partial charge in [-0.1, -0.05) is 18.2 Å². The Balaban J connectivity index is 1.44. The van der Waals surface area contributed by atoms with Crippen LogP contribution in [0, 0.1) is 12.7 Å². The molecule has 12 heteroatoms. The average Bonchev–Trinajstić information content (AvgIpc) is 3.28. The minimum Gasteiger partial charge on any atom is -0.465 e. The Morgan fingerprint density at radius 2 is 1.95 bits per heavy atom. The molecule has 3 aromatic heterocycles. The zero-order valence-corrected chi connectivity index (χ0v) is 22.2. The third kappa shape index (κ3) is 4.72. The summed E-state index contributed by atoms with van der Waals surface area (Å²) in [5.41, 5.74) is 1.67. The second-order valence-corrected chi connectivity index (χ2v) is 10.4. The minimum atomic E-state index is -0.987. The van der Waals surface area contributed by atoms with Crippen molar-refractivity contribution in [3.8, 4) is 17.3 Å². The average molecular weight is 550 g/mol. The number of piperazine rings is 1. The molecule has 1 amide bonds. The van der Waals surface area contributed by atoms with E-state index in [1.165, 1.54) is 4.90 Å². The van der Waals surface area contributed by atoms with E-state index in [-0.39, 0.29) is 43.0 Å². The van der Waals surface area contributed by atoms with Gasteiger partial charge in [-0.15, -0.1) is 0 Å². The number of rotatable bonds is 5. The summed E-state index contributed by atoms with van der Waals surface area (Å²) in [5.74, 6) is -0.215. The van der Waals surface area contributed by atoms with Gasteiger partial charge in [-0.2, -0.15) is 9.97 Å². The number of ether oxygens (including phenoxy) is 1. The molecule has 40 heavy (non-hydrogen) atoms. The lowest BCUT2D eigenvalue weighted by Gasteiger charge is -2.34. The fourth-order valence-corrected chi connectivity index (χ4v) is 5.60. The number of halogens is 2. The van der Waals surface area contributed by atoms with E-state index in [1.54, 1.807) is 18.6 Å². The van der Waals surface area contributed by atoms with Crippen LogP contribution in [0.15, 0.2) is 36.8 Å². The molecule has 208 valence electrons. The highest BCUT2D eigenvalue weighted by Crippen LogP contribution is 2.35. The summed E-state index contributed by atoms with van der Waals surface area (Å²) in [4.78, 5) is 34.4. The summed E-state index contributed by atoms with van der Waals surface area (Å²) >= 11 is 0. The van der Waals surface area contributed by atoms with E-state index in [1.807, 2.05) is 42.0 Å². The normalized spacial score (nSPS) is 20.0. The molecular formula is C28H29F2N7O3. The standard InChI is InChI=1S/C28H29F2N7O3/c1-16-4-3-5-17-11-31-12-20(22(16)17)24-23(30)25-21(13-32-24)26(36-6-8-37(9-7-36)28(38)39)34-27(33-25)40-15-19-10-18(29)14-35(19)2/h3-5,11-13,18-19H,6-10,14-15H2,1-2H3,(H,38,39)/t18-,19?/m1/s1. The van der Waals surface area contributed by atoms with E-state index in [0.717, 1.165) is 16.3 Å². The number of aromatic nitrogens is 4. The van der Waals surface area contributed by atoms with Crippen LogP contribution in [-0.4, -0.2) is 99.5 Å². The lowest BCUT2D eigenvalue weighted by Crippen LogP contribution is -2.48. The molecule has 0 radical (unpaired) electrons. The molecule has 2 aliphatic rings. The summed E-state index contributed by atoms with van der Waals surface area (Å²) in [5, 5.41) is 11.5. The van der Waals surface area contributed by atoms with Gasteiger partial charge >= 0.3 is 12.1 Å². The lowest BCUT2D eigenvalue weighted by molar-refractivity contribution is 0.142. The Morgan fingerprint density at radius 1 is 1.15 bits per heavy atom. The summed E-state index contributed by atoms with van der Waals surface area (Å²) in [6.07, 6.45) is 3.30. The van der Waals surface area contributed by atoms with Crippen molar-refractivity contribution in [2.24, 2.45) is 0 Å². The molecule has 2 atom stereocenters. The largest absolute Gasteiger partial charge is 0.465 e. The molecule has 0 aliphatic carbocycles. The fraction of sp³-hybridized carbons (Fsp3) is 0.393. The van der Waals surface area contributed by atoms with Crippen LogP contribution in [0.25, 0.3) is 32.9 Å². The number of nitrogens with zero attached hydrogens (tertiary/aromatic N) is 7. The molecule has 2 saturated heterocycles. The van der Waals surface area contributed by atoms with Crippen molar-refractivity contribution in [3.05, 3.63) is 48.2 Å². The van der Waals surface area contributed by atoms with Gasteiger partial charge in [-0.3, -0.25) is 14.9 Å². The van der Waals surface area contributed by atoms with E-state index in [2.05, 4.69) is 19.9 Å². The Labute approximate surface area is 229 Å². The number of hydrogen-bond acceptors (Lipinski definition) is 8. The van der Waals surface area contributed by atoms with Gasteiger partial charge in [-0.25, -0.2) is 13.6 Å². The molecule has 1 aromatic carbocycles. The number of likely N-dealkylation sites (N-methyl/N-ethyl adjacent to an activating group) is 1. The Hall–Kier alpha value is -4.19. The van der Waals surface area contributed by atoms with E-state index in [0.29, 0.717) is 42.8 Å². The number of benzene rings is 1. The quantitative estimate of drug-likeness (QED) is 0.396. The number of likely N-dealkylation sites (tertiary alicyclic amines) is 1. The van der Waals surface area contributed by atoms with Gasteiger partial charge in [-0.05, 0) is 31.3 Å². The third-order valence-corrected chi connectivity index (χ3v) is 7.78. The molecule has 0 saturated carbocycles. The van der Waals surface area contributed by atoms with Gasteiger partial charge in [0.25, 0.3) is 0 Å². The van der Waals surface area contributed by atoms with Gasteiger partial charge in [0.05, 0.1) is 5.39 Å². The number of anilines is 1. The zero-order chi connectivity index (χ0) is 28.0. The summed E-state index contributed by atoms with van der Waals surface area (Å²) in [6.45, 7) is 3.71. The molecule has 1 unspecified atom stereocenters. The SMILES string of the molecule is Cc1cccc2cncc(-c3ncc4c(N5CCN(C(=O)O)CC5)nc(OCC5C[C@@H](F)CN5C)nc4c3F)c12. The van der Waals surface area contributed by atoms with E-state index in [9.17, 15) is 14.3 Å². The van der Waals surface area contributed by atoms with Crippen molar-refractivity contribution in [3.63, 3.8) is 0 Å². The lowest BCUT2D eigenvalue weighted by atomic mass is 10.00. The van der Waals surface area contributed by atoms with Crippen LogP contribution in [0.2, 0.25) is 0 Å². The molecule has 10 nitrogen and oxygen atoms in total. The van der Waals surface area contributed by atoms with Crippen molar-refractivity contribution in [2.45, 2.75) is 25.6 Å². The van der Waals surface area contributed by atoms with Gasteiger partial charge in [0, 0.05) is 68.3 Å². The molecule has 2 aliphatic heterocycles. The first kappa shape index (κ1) is 26.1. The summed E-state index contributed by atoms with van der Waals surface area (Å²) in [6, 6.07) is 5.62. The number of pyridine rings is 2. The van der Waals surface area contributed by atoms with Gasteiger partial charge in [0.1, 0.15) is 29.8 Å². The fourth-order valence-electron chi connectivity index (χ4n) is 5.60. The number of fused-ring (bicyclic) bond motifs is 2. The molecule has 5 heterocycles. The van der Waals surface area contributed by atoms with Crippen LogP contribution >= 0.6 is 0 Å². The van der Waals surface area contributed by atoms with Crippen molar-refractivity contribution >= 4 is 33.6 Å². The second-order valence-electron chi connectivity index (χ2n) is 10.4. The monoisotopic (exact) mass is 549 g/mol. The number of carbonyl (C=O) groups is 1. The maximum atomic E-state index is 16.4. The molecule has 1 N–H and O–H groups in total. The van der Waals surface area contributed by atoms with Crippen molar-refractivity contribution in [1.29, 1.82) is 0 Å². The third-order valence-electron chi connectivity index (χ3n) is 7.78. The molecule has 6 rings (SSSR count). The molecular weight excluding hydrogens is 520 g/mol. The van der Waals surface area contributed by atoms with E-state index >= 15 is 4.39 Å². The molecule has 4 aromatic rings. The smallest absolute Gasteiger partial charge is 0.407 e. The van der Waals surface area contributed by atoms with Crippen LogP contribution in [-0.2, 0) is 0 Å². The Bertz CT molecular complexity index is 1590. The highest BCUT2D eigenvalue weighted by atomic mass is 19.1. The van der Waals surface area contributed by atoms with Crippen LogP contribution in [0.4, 0.5) is 19.4 Å². The number of amides is 1. The first-order chi connectivity index (χ1) is 19.3. The summed E-state index contributed by atoms with van der Waals surface area (Å²) < 4.78 is 36.2. The van der Waals surface area contributed by atoms with Crippen molar-refractivity contribution in [1.82, 2.24) is 29.7 Å². The van der Waals surface area contributed by atoms with E-state index in [4.69, 9.17) is 4.74 Å². The maximum Gasteiger partial charge on any atom is 0.407 e. The predicted molar refractivity (Wildman–Crippen MR) is 146 cm³/mol. The van der Waals surface area contributed by atoms with Crippen molar-refractivity contribution < 1.29 is 23.4 Å². The second kappa shape index (κ2) is 10.4. The Kier molecular flexibility index (Phi) is 6.78. The van der Waals surface area contributed by atoms with Crippen LogP contribution in [0.3, 0.4) is 0 Å². The highest BCUT2D eigenvalue weighted by molar-refractivity contribution is 6.00. The van der Waals surface area contributed by atoms with Crippen molar-refractivity contribution in [2.75, 3.05) is 51.3 Å². The molecule has 0 bridgehead atoms. The number of hydrogen-bond donors (Lipinski definition) is 1. The first-order valence-corrected chi connectivity index (χ1v) is 13.2. The highest BCUT2D eigenvalue weighted by Gasteiger charge is 2.31. The van der Waals surface area contributed by atoms with Gasteiger partial charge < -0.3 is 19.6 Å². The van der Waals surface area contributed by atoms with Gasteiger partial charge in [0.15, 0.2) is 5.82 Å². The van der Waals surface area contributed by atoms with Gasteiger partial charge in [0.2, 0.25) is 0 Å². The Morgan fingerprint density at radius 3 is 2.67 bits per heavy atom. The zero-order valence-electron chi connectivity index (χ0n) is 22.2. The predicted octanol–water partition coefficient (Wildman–Crippen LogP) is 3.91. The number of alkyl halides is 1. The molecule has 2 fully saturated rings. The number of aryl methyl sites for hydroxylation is 1. The minimum absolute atomic E-state index is 0.0258. The maximum absolute atomic E-state index is 16.4. The molecule has 0 spiro atoms.